The van der Waals surface area contributed by atoms with Crippen molar-refractivity contribution in [1.82, 2.24) is 0 Å². The van der Waals surface area contributed by atoms with E-state index in [1.54, 1.807) is 0 Å². The van der Waals surface area contributed by atoms with Crippen molar-refractivity contribution in [2.75, 3.05) is 6.61 Å². The maximum absolute atomic E-state index is 10.6. The van der Waals surface area contributed by atoms with Crippen molar-refractivity contribution in [3.63, 3.8) is 0 Å². The minimum absolute atomic E-state index is 0.0355. The smallest absolute Gasteiger partial charge is 0.337 e. The lowest BCUT2D eigenvalue weighted by atomic mass is 10.4. The summed E-state index contributed by atoms with van der Waals surface area (Å²) in [7, 11) is 0. The minimum atomic E-state index is -0.545. The van der Waals surface area contributed by atoms with Crippen LogP contribution in [0.3, 0.4) is 0 Å². The second-order valence-corrected chi connectivity index (χ2v) is 2.20. The molecule has 0 unspecified atom stereocenters. The molecule has 0 rings (SSSR count). The highest BCUT2D eigenvalue weighted by atomic mass is 16.7. The van der Waals surface area contributed by atoms with E-state index in [0.717, 1.165) is 18.9 Å². The molecule has 0 aromatic rings. The third-order valence-corrected chi connectivity index (χ3v) is 1.14. The van der Waals surface area contributed by atoms with E-state index in [2.05, 4.69) is 17.9 Å². The number of carbonyl (C=O) groups excluding carboxylic acids is 1. The number of unbranched alkanes of at least 4 members (excludes halogenated alkanes) is 1. The van der Waals surface area contributed by atoms with E-state index in [1.165, 1.54) is 0 Å². The standard InChI is InChI=1S/C9H14O3/c1-4-6-7-11-8(3)12-9(10)5-2/h5H,2-4,6-7H2,1H3. The maximum Gasteiger partial charge on any atom is 0.337 e. The molecule has 0 saturated carbocycles. The fourth-order valence-corrected chi connectivity index (χ4v) is 0.514. The van der Waals surface area contributed by atoms with E-state index in [1.807, 2.05) is 6.92 Å². The number of rotatable bonds is 6. The molecule has 3 nitrogen and oxygen atoms in total. The summed E-state index contributed by atoms with van der Waals surface area (Å²) in [6, 6.07) is 0. The molecule has 0 radical (unpaired) electrons. The molecule has 0 aliphatic rings. The Labute approximate surface area is 72.7 Å². The molecule has 0 fully saturated rings. The molecule has 0 bridgehead atoms. The topological polar surface area (TPSA) is 35.5 Å². The number of carbonyl (C=O) groups is 1. The van der Waals surface area contributed by atoms with Gasteiger partial charge in [-0.25, -0.2) is 4.79 Å². The van der Waals surface area contributed by atoms with Gasteiger partial charge < -0.3 is 9.47 Å². The van der Waals surface area contributed by atoms with Crippen LogP contribution in [0.4, 0.5) is 0 Å². The second-order valence-electron chi connectivity index (χ2n) is 2.20. The van der Waals surface area contributed by atoms with Crippen molar-refractivity contribution >= 4 is 5.97 Å². The van der Waals surface area contributed by atoms with Gasteiger partial charge in [0.05, 0.1) is 6.61 Å². The van der Waals surface area contributed by atoms with Crippen LogP contribution in [0, 0.1) is 0 Å². The summed E-state index contributed by atoms with van der Waals surface area (Å²) >= 11 is 0. The molecule has 0 N–H and O–H groups in total. The number of hydrogen-bond acceptors (Lipinski definition) is 3. The van der Waals surface area contributed by atoms with Crippen molar-refractivity contribution in [2.45, 2.75) is 19.8 Å². The zero-order chi connectivity index (χ0) is 9.40. The lowest BCUT2D eigenvalue weighted by molar-refractivity contribution is -0.139. The summed E-state index contributed by atoms with van der Waals surface area (Å²) in [5.74, 6) is -0.509. The van der Waals surface area contributed by atoms with Gasteiger partial charge in [0.15, 0.2) is 0 Å². The molecule has 68 valence electrons. The fourth-order valence-electron chi connectivity index (χ4n) is 0.514. The minimum Gasteiger partial charge on any atom is -0.466 e. The zero-order valence-electron chi connectivity index (χ0n) is 7.34. The molecule has 0 saturated heterocycles. The zero-order valence-corrected chi connectivity index (χ0v) is 7.34. The highest BCUT2D eigenvalue weighted by Crippen LogP contribution is 1.99. The van der Waals surface area contributed by atoms with Gasteiger partial charge in [-0.1, -0.05) is 19.9 Å². The monoisotopic (exact) mass is 170 g/mol. The van der Waals surface area contributed by atoms with Gasteiger partial charge in [-0.3, -0.25) is 0 Å². The molecule has 0 aromatic carbocycles. The predicted molar refractivity (Wildman–Crippen MR) is 46.3 cm³/mol. The maximum atomic E-state index is 10.6. The molecular formula is C9H14O3. The third kappa shape index (κ3) is 5.53. The Kier molecular flexibility index (Phi) is 5.79. The van der Waals surface area contributed by atoms with Crippen LogP contribution in [0.5, 0.6) is 0 Å². The average molecular weight is 170 g/mol. The molecule has 0 aliphatic heterocycles. The quantitative estimate of drug-likeness (QED) is 0.265. The van der Waals surface area contributed by atoms with Crippen molar-refractivity contribution in [3.05, 3.63) is 25.2 Å². The number of ether oxygens (including phenoxy) is 2. The molecule has 0 aliphatic carbocycles. The summed E-state index contributed by atoms with van der Waals surface area (Å²) in [4.78, 5) is 10.6. The van der Waals surface area contributed by atoms with Gasteiger partial charge >= 0.3 is 5.97 Å². The molecule has 0 amide bonds. The van der Waals surface area contributed by atoms with Crippen molar-refractivity contribution in [3.8, 4) is 0 Å². The van der Waals surface area contributed by atoms with Crippen LogP contribution in [0.2, 0.25) is 0 Å². The Bertz CT molecular complexity index is 173. The van der Waals surface area contributed by atoms with E-state index >= 15 is 0 Å². The molecule has 0 atom stereocenters. The van der Waals surface area contributed by atoms with Crippen LogP contribution < -0.4 is 0 Å². The molecule has 0 spiro atoms. The van der Waals surface area contributed by atoms with Gasteiger partial charge in [0.25, 0.3) is 5.95 Å². The fraction of sp³-hybridized carbons (Fsp3) is 0.444. The first-order chi connectivity index (χ1) is 5.70. The van der Waals surface area contributed by atoms with Crippen LogP contribution >= 0.6 is 0 Å². The SMILES string of the molecule is C=CC(=O)OC(=C)OCCCC. The largest absolute Gasteiger partial charge is 0.466 e. The first kappa shape index (κ1) is 10.8. The highest BCUT2D eigenvalue weighted by Gasteiger charge is 1.99. The lowest BCUT2D eigenvalue weighted by Crippen LogP contribution is -2.03. The van der Waals surface area contributed by atoms with Crippen LogP contribution in [0.1, 0.15) is 19.8 Å². The Balaban J connectivity index is 3.46. The summed E-state index contributed by atoms with van der Waals surface area (Å²) in [6.07, 6.45) is 3.02. The molecule has 0 aromatic heterocycles. The van der Waals surface area contributed by atoms with E-state index in [-0.39, 0.29) is 5.95 Å². The van der Waals surface area contributed by atoms with Gasteiger partial charge in [-0.2, -0.15) is 0 Å². The Morgan fingerprint density at radius 2 is 2.25 bits per heavy atom. The molecule has 12 heavy (non-hydrogen) atoms. The van der Waals surface area contributed by atoms with Crippen molar-refractivity contribution in [2.24, 2.45) is 0 Å². The number of hydrogen-bond donors (Lipinski definition) is 0. The van der Waals surface area contributed by atoms with E-state index in [4.69, 9.17) is 4.74 Å². The van der Waals surface area contributed by atoms with E-state index in [0.29, 0.717) is 6.61 Å². The van der Waals surface area contributed by atoms with Crippen LogP contribution in [0.15, 0.2) is 25.2 Å². The molecule has 3 heteroatoms. The Morgan fingerprint density at radius 3 is 2.75 bits per heavy atom. The van der Waals surface area contributed by atoms with Crippen molar-refractivity contribution < 1.29 is 14.3 Å². The normalized spacial score (nSPS) is 8.75. The summed E-state index contributed by atoms with van der Waals surface area (Å²) in [6.45, 7) is 9.21. The second kappa shape index (κ2) is 6.46. The van der Waals surface area contributed by atoms with Crippen LogP contribution in [0.25, 0.3) is 0 Å². The van der Waals surface area contributed by atoms with Gasteiger partial charge in [0.2, 0.25) is 0 Å². The first-order valence-corrected chi connectivity index (χ1v) is 3.86. The summed E-state index contributed by atoms with van der Waals surface area (Å²) in [5.41, 5.74) is 0. The summed E-state index contributed by atoms with van der Waals surface area (Å²) < 4.78 is 9.54. The van der Waals surface area contributed by atoms with Crippen LogP contribution in [-0.2, 0) is 14.3 Å². The van der Waals surface area contributed by atoms with E-state index in [9.17, 15) is 4.79 Å². The van der Waals surface area contributed by atoms with Crippen molar-refractivity contribution in [1.29, 1.82) is 0 Å². The Hall–Kier alpha value is -1.25. The lowest BCUT2D eigenvalue weighted by Gasteiger charge is -2.06. The van der Waals surface area contributed by atoms with Gasteiger partial charge in [0, 0.05) is 6.08 Å². The number of esters is 1. The first-order valence-electron chi connectivity index (χ1n) is 3.86. The highest BCUT2D eigenvalue weighted by molar-refractivity contribution is 5.81. The third-order valence-electron chi connectivity index (χ3n) is 1.14. The van der Waals surface area contributed by atoms with E-state index < -0.39 is 5.97 Å². The van der Waals surface area contributed by atoms with Gasteiger partial charge in [0.1, 0.15) is 0 Å². The predicted octanol–water partition coefficient (Wildman–Crippen LogP) is 2.00. The average Bonchev–Trinajstić information content (AvgIpc) is 2.05. The van der Waals surface area contributed by atoms with Gasteiger partial charge in [-0.05, 0) is 13.0 Å². The molecule has 0 heterocycles. The summed E-state index contributed by atoms with van der Waals surface area (Å²) in [5, 5.41) is 0. The Morgan fingerprint density at radius 1 is 1.58 bits per heavy atom. The van der Waals surface area contributed by atoms with Crippen LogP contribution in [-0.4, -0.2) is 12.6 Å². The van der Waals surface area contributed by atoms with Gasteiger partial charge in [-0.15, -0.1) is 0 Å². The molecular weight excluding hydrogens is 156 g/mol.